The van der Waals surface area contributed by atoms with Gasteiger partial charge in [0.1, 0.15) is 0 Å². The highest BCUT2D eigenvalue weighted by Crippen LogP contribution is 2.21. The third-order valence-corrected chi connectivity index (χ3v) is 5.53. The van der Waals surface area contributed by atoms with Crippen LogP contribution in [-0.4, -0.2) is 26.4 Å². The Morgan fingerprint density at radius 1 is 1.04 bits per heavy atom. The molecule has 0 fully saturated rings. The molecule has 1 amide bonds. The topological polar surface area (TPSA) is 71.8 Å². The van der Waals surface area contributed by atoms with Crippen molar-refractivity contribution in [3.8, 4) is 0 Å². The van der Waals surface area contributed by atoms with E-state index in [2.05, 4.69) is 39.9 Å². The van der Waals surface area contributed by atoms with Crippen molar-refractivity contribution in [3.63, 3.8) is 0 Å². The maximum absolute atomic E-state index is 12.3. The minimum atomic E-state index is -0.0512. The normalized spacial score (nSPS) is 10.7. The van der Waals surface area contributed by atoms with Crippen molar-refractivity contribution in [3.05, 3.63) is 65.0 Å². The lowest BCUT2D eigenvalue weighted by Gasteiger charge is -2.11. The number of rotatable bonds is 7. The van der Waals surface area contributed by atoms with Crippen LogP contribution in [0, 0.1) is 20.8 Å². The van der Waals surface area contributed by atoms with Crippen molar-refractivity contribution in [2.75, 3.05) is 16.4 Å². The predicted octanol–water partition coefficient (Wildman–Crippen LogP) is 4.08. The van der Waals surface area contributed by atoms with Gasteiger partial charge in [-0.25, -0.2) is 0 Å². The van der Waals surface area contributed by atoms with Gasteiger partial charge < -0.3 is 15.2 Å². The predicted molar refractivity (Wildman–Crippen MR) is 115 cm³/mol. The molecule has 0 bridgehead atoms. The fourth-order valence-corrected chi connectivity index (χ4v) is 3.52. The van der Waals surface area contributed by atoms with Gasteiger partial charge >= 0.3 is 0 Å². The number of nitrogens with zero attached hydrogens (tertiary/aromatic N) is 3. The third kappa shape index (κ3) is 4.92. The van der Waals surface area contributed by atoms with Gasteiger partial charge in [-0.1, -0.05) is 47.7 Å². The molecule has 3 aromatic rings. The van der Waals surface area contributed by atoms with E-state index in [4.69, 9.17) is 0 Å². The maximum Gasteiger partial charge on any atom is 0.234 e. The molecule has 0 atom stereocenters. The lowest BCUT2D eigenvalue weighted by atomic mass is 10.1. The van der Waals surface area contributed by atoms with Crippen LogP contribution in [0.1, 0.15) is 22.5 Å². The second-order valence-electron chi connectivity index (χ2n) is 6.78. The first kappa shape index (κ1) is 19.9. The summed E-state index contributed by atoms with van der Waals surface area (Å²) in [6, 6.07) is 14.2. The van der Waals surface area contributed by atoms with Crippen molar-refractivity contribution in [2.45, 2.75) is 32.5 Å². The van der Waals surface area contributed by atoms with Crippen LogP contribution in [0.2, 0.25) is 0 Å². The molecule has 0 aliphatic carbocycles. The number of hydrogen-bond donors (Lipinski definition) is 2. The molecule has 3 rings (SSSR count). The molecular formula is C21H25N5OS. The average Bonchev–Trinajstić information content (AvgIpc) is 3.02. The molecule has 0 spiro atoms. The zero-order chi connectivity index (χ0) is 20.1. The second kappa shape index (κ2) is 8.93. The van der Waals surface area contributed by atoms with Crippen molar-refractivity contribution in [1.82, 2.24) is 14.8 Å². The standard InChI is InChI=1S/C21H25N5OS/c1-14-8-10-17(11-9-14)22-12-18-24-25-21(26(18)4)28-13-19(27)23-20-15(2)6-5-7-16(20)3/h5-11,22H,12-13H2,1-4H3,(H,23,27). The van der Waals surface area contributed by atoms with E-state index in [-0.39, 0.29) is 11.7 Å². The van der Waals surface area contributed by atoms with Crippen LogP contribution in [0.3, 0.4) is 0 Å². The molecule has 146 valence electrons. The van der Waals surface area contributed by atoms with Crippen LogP contribution in [-0.2, 0) is 18.4 Å². The number of anilines is 2. The lowest BCUT2D eigenvalue weighted by molar-refractivity contribution is -0.113. The number of benzene rings is 2. The van der Waals surface area contributed by atoms with Crippen LogP contribution < -0.4 is 10.6 Å². The number of carbonyl (C=O) groups is 1. The first-order valence-electron chi connectivity index (χ1n) is 9.11. The molecule has 0 unspecified atom stereocenters. The molecule has 2 N–H and O–H groups in total. The molecule has 0 aliphatic heterocycles. The number of amides is 1. The smallest absolute Gasteiger partial charge is 0.234 e. The van der Waals surface area contributed by atoms with Gasteiger partial charge in [-0.15, -0.1) is 10.2 Å². The van der Waals surface area contributed by atoms with E-state index < -0.39 is 0 Å². The number of aryl methyl sites for hydroxylation is 3. The average molecular weight is 396 g/mol. The highest BCUT2D eigenvalue weighted by atomic mass is 32.2. The Morgan fingerprint density at radius 3 is 2.39 bits per heavy atom. The number of nitrogens with one attached hydrogen (secondary N) is 2. The fourth-order valence-electron chi connectivity index (χ4n) is 2.79. The zero-order valence-electron chi connectivity index (χ0n) is 16.6. The number of carbonyl (C=O) groups excluding carboxylic acids is 1. The van der Waals surface area contributed by atoms with Gasteiger partial charge in [0.15, 0.2) is 11.0 Å². The van der Waals surface area contributed by atoms with Crippen LogP contribution in [0.5, 0.6) is 0 Å². The van der Waals surface area contributed by atoms with E-state index in [0.717, 1.165) is 33.5 Å². The Labute approximate surface area is 169 Å². The van der Waals surface area contributed by atoms with E-state index in [9.17, 15) is 4.79 Å². The highest BCUT2D eigenvalue weighted by Gasteiger charge is 2.13. The molecule has 0 saturated heterocycles. The summed E-state index contributed by atoms with van der Waals surface area (Å²) in [4.78, 5) is 12.3. The van der Waals surface area contributed by atoms with Crippen molar-refractivity contribution in [2.24, 2.45) is 7.05 Å². The molecule has 1 aromatic heterocycles. The van der Waals surface area contributed by atoms with E-state index in [1.807, 2.05) is 55.8 Å². The van der Waals surface area contributed by atoms with Gasteiger partial charge in [0.25, 0.3) is 0 Å². The van der Waals surface area contributed by atoms with E-state index >= 15 is 0 Å². The van der Waals surface area contributed by atoms with Crippen LogP contribution in [0.15, 0.2) is 47.6 Å². The molecule has 1 heterocycles. The van der Waals surface area contributed by atoms with Gasteiger partial charge in [0, 0.05) is 18.4 Å². The summed E-state index contributed by atoms with van der Waals surface area (Å²) in [7, 11) is 1.91. The van der Waals surface area contributed by atoms with Gasteiger partial charge in [0.2, 0.25) is 5.91 Å². The van der Waals surface area contributed by atoms with Crippen LogP contribution in [0.4, 0.5) is 11.4 Å². The fraction of sp³-hybridized carbons (Fsp3) is 0.286. The first-order chi connectivity index (χ1) is 13.4. The van der Waals surface area contributed by atoms with Crippen LogP contribution >= 0.6 is 11.8 Å². The maximum atomic E-state index is 12.3. The van der Waals surface area contributed by atoms with Gasteiger partial charge in [0.05, 0.1) is 12.3 Å². The van der Waals surface area contributed by atoms with Crippen molar-refractivity contribution < 1.29 is 4.79 Å². The van der Waals surface area contributed by atoms with Gasteiger partial charge in [-0.3, -0.25) is 4.79 Å². The number of aromatic nitrogens is 3. The molecule has 7 heteroatoms. The molecule has 0 radical (unpaired) electrons. The monoisotopic (exact) mass is 395 g/mol. The Morgan fingerprint density at radius 2 is 1.71 bits per heavy atom. The first-order valence-corrected chi connectivity index (χ1v) is 10.1. The zero-order valence-corrected chi connectivity index (χ0v) is 17.4. The van der Waals surface area contributed by atoms with Gasteiger partial charge in [-0.05, 0) is 44.0 Å². The summed E-state index contributed by atoms with van der Waals surface area (Å²) < 4.78 is 1.91. The van der Waals surface area contributed by atoms with Gasteiger partial charge in [-0.2, -0.15) is 0 Å². The van der Waals surface area contributed by atoms with Crippen molar-refractivity contribution in [1.29, 1.82) is 0 Å². The summed E-state index contributed by atoms with van der Waals surface area (Å²) in [5.74, 6) is 1.05. The minimum absolute atomic E-state index is 0.0512. The highest BCUT2D eigenvalue weighted by molar-refractivity contribution is 7.99. The molecule has 28 heavy (non-hydrogen) atoms. The summed E-state index contributed by atoms with van der Waals surface area (Å²) >= 11 is 1.38. The third-order valence-electron chi connectivity index (χ3n) is 4.51. The number of para-hydroxylation sites is 1. The SMILES string of the molecule is Cc1ccc(NCc2nnc(SCC(=O)Nc3c(C)cccc3C)n2C)cc1. The van der Waals surface area contributed by atoms with E-state index in [0.29, 0.717) is 6.54 Å². The molecule has 6 nitrogen and oxygen atoms in total. The molecule has 0 aliphatic rings. The summed E-state index contributed by atoms with van der Waals surface area (Å²) in [6.07, 6.45) is 0. The Kier molecular flexibility index (Phi) is 6.36. The Bertz CT molecular complexity index is 945. The Hall–Kier alpha value is -2.80. The second-order valence-corrected chi connectivity index (χ2v) is 7.72. The van der Waals surface area contributed by atoms with Crippen molar-refractivity contribution >= 4 is 29.0 Å². The number of hydrogen-bond acceptors (Lipinski definition) is 5. The minimum Gasteiger partial charge on any atom is -0.378 e. The summed E-state index contributed by atoms with van der Waals surface area (Å²) in [6.45, 7) is 6.62. The van der Waals surface area contributed by atoms with E-state index in [1.165, 1.54) is 17.3 Å². The van der Waals surface area contributed by atoms with Crippen LogP contribution in [0.25, 0.3) is 0 Å². The lowest BCUT2D eigenvalue weighted by Crippen LogP contribution is -2.16. The van der Waals surface area contributed by atoms with E-state index in [1.54, 1.807) is 0 Å². The number of thioether (sulfide) groups is 1. The summed E-state index contributed by atoms with van der Waals surface area (Å²) in [5.41, 5.74) is 5.26. The summed E-state index contributed by atoms with van der Waals surface area (Å²) in [5, 5.41) is 15.5. The Balaban J connectivity index is 1.55. The molecular weight excluding hydrogens is 370 g/mol. The largest absolute Gasteiger partial charge is 0.378 e. The molecule has 0 saturated carbocycles. The molecule has 2 aromatic carbocycles. The quantitative estimate of drug-likeness (QED) is 0.590.